The van der Waals surface area contributed by atoms with Gasteiger partial charge in [0.25, 0.3) is 0 Å². The molecule has 0 fully saturated rings. The second-order valence-corrected chi connectivity index (χ2v) is 5.02. The number of rotatable bonds is 6. The summed E-state index contributed by atoms with van der Waals surface area (Å²) in [6, 6.07) is 8.07. The first kappa shape index (κ1) is 14.0. The lowest BCUT2D eigenvalue weighted by Crippen LogP contribution is -2.19. The molecule has 0 bridgehead atoms. The van der Waals surface area contributed by atoms with Crippen molar-refractivity contribution in [2.75, 3.05) is 26.9 Å². The number of aromatic nitrogens is 2. The molecule has 1 aliphatic heterocycles. The molecular weight excluding hydrogens is 266 g/mol. The van der Waals surface area contributed by atoms with Crippen molar-refractivity contribution < 1.29 is 9.47 Å². The molecule has 0 saturated carbocycles. The Balaban J connectivity index is 1.65. The Morgan fingerprint density at radius 3 is 2.90 bits per heavy atom. The van der Waals surface area contributed by atoms with Crippen LogP contribution in [0.4, 0.5) is 0 Å². The quantitative estimate of drug-likeness (QED) is 0.819. The lowest BCUT2D eigenvalue weighted by Gasteiger charge is -2.08. The minimum absolute atomic E-state index is 0.136. The monoisotopic (exact) mass is 285 g/mol. The molecule has 0 saturated heterocycles. The van der Waals surface area contributed by atoms with Crippen LogP contribution in [0, 0.1) is 0 Å². The molecule has 0 aliphatic carbocycles. The summed E-state index contributed by atoms with van der Waals surface area (Å²) < 4.78 is 10.7. The van der Waals surface area contributed by atoms with Crippen LogP contribution >= 0.6 is 0 Å². The highest BCUT2D eigenvalue weighted by Gasteiger charge is 2.27. The fourth-order valence-corrected chi connectivity index (χ4v) is 2.42. The number of benzene rings is 1. The number of nitrogens with one attached hydrogen (secondary N) is 1. The summed E-state index contributed by atoms with van der Waals surface area (Å²) in [4.78, 5) is 8.99. The van der Waals surface area contributed by atoms with Gasteiger partial charge in [0, 0.05) is 43.7 Å². The van der Waals surface area contributed by atoms with E-state index in [0.29, 0.717) is 13.2 Å². The molecule has 110 valence electrons. The van der Waals surface area contributed by atoms with E-state index in [9.17, 15) is 0 Å². The summed E-state index contributed by atoms with van der Waals surface area (Å²) in [5.41, 5.74) is 2.24. The van der Waals surface area contributed by atoms with Crippen LogP contribution in [0.2, 0.25) is 0 Å². The summed E-state index contributed by atoms with van der Waals surface area (Å²) in [6.07, 6.45) is 3.76. The van der Waals surface area contributed by atoms with Crippen LogP contribution in [-0.2, 0) is 11.3 Å². The van der Waals surface area contributed by atoms with Gasteiger partial charge in [-0.05, 0) is 6.07 Å². The van der Waals surface area contributed by atoms with Crippen molar-refractivity contribution in [1.29, 1.82) is 0 Å². The maximum atomic E-state index is 5.68. The molecule has 5 heteroatoms. The highest BCUT2D eigenvalue weighted by molar-refractivity contribution is 5.42. The SMILES string of the molecule is COCCNCc1cnc(C2COc3ccccc32)nc1. The highest BCUT2D eigenvalue weighted by Crippen LogP contribution is 2.36. The van der Waals surface area contributed by atoms with Crippen LogP contribution in [-0.4, -0.2) is 36.8 Å². The van der Waals surface area contributed by atoms with Gasteiger partial charge in [0.15, 0.2) is 0 Å². The number of hydrogen-bond donors (Lipinski definition) is 1. The van der Waals surface area contributed by atoms with E-state index >= 15 is 0 Å². The van der Waals surface area contributed by atoms with Crippen LogP contribution in [0.3, 0.4) is 0 Å². The van der Waals surface area contributed by atoms with Crippen molar-refractivity contribution in [2.45, 2.75) is 12.5 Å². The Labute approximate surface area is 124 Å². The van der Waals surface area contributed by atoms with Crippen molar-refractivity contribution in [3.05, 3.63) is 53.6 Å². The zero-order valence-electron chi connectivity index (χ0n) is 12.1. The molecular formula is C16H19N3O2. The Kier molecular flexibility index (Phi) is 4.43. The molecule has 2 aromatic rings. The topological polar surface area (TPSA) is 56.3 Å². The molecule has 0 amide bonds. The largest absolute Gasteiger partial charge is 0.492 e. The van der Waals surface area contributed by atoms with Crippen molar-refractivity contribution in [2.24, 2.45) is 0 Å². The fourth-order valence-electron chi connectivity index (χ4n) is 2.42. The van der Waals surface area contributed by atoms with Gasteiger partial charge in [-0.25, -0.2) is 9.97 Å². The van der Waals surface area contributed by atoms with Crippen LogP contribution in [0.5, 0.6) is 5.75 Å². The molecule has 0 spiro atoms. The van der Waals surface area contributed by atoms with Crippen molar-refractivity contribution >= 4 is 0 Å². The van der Waals surface area contributed by atoms with Crippen molar-refractivity contribution in [3.63, 3.8) is 0 Å². The minimum Gasteiger partial charge on any atom is -0.492 e. The first-order valence-electron chi connectivity index (χ1n) is 7.10. The van der Waals surface area contributed by atoms with Gasteiger partial charge in [-0.1, -0.05) is 18.2 Å². The summed E-state index contributed by atoms with van der Waals surface area (Å²) in [7, 11) is 1.70. The van der Waals surface area contributed by atoms with Gasteiger partial charge in [0.2, 0.25) is 0 Å². The summed E-state index contributed by atoms with van der Waals surface area (Å²) in [5, 5.41) is 3.28. The average Bonchev–Trinajstić information content (AvgIpc) is 2.96. The van der Waals surface area contributed by atoms with E-state index in [1.807, 2.05) is 30.6 Å². The van der Waals surface area contributed by atoms with E-state index in [4.69, 9.17) is 9.47 Å². The molecule has 0 radical (unpaired) electrons. The molecule has 1 aromatic carbocycles. The zero-order chi connectivity index (χ0) is 14.5. The van der Waals surface area contributed by atoms with Gasteiger partial charge >= 0.3 is 0 Å². The van der Waals surface area contributed by atoms with E-state index in [1.165, 1.54) is 5.56 Å². The van der Waals surface area contributed by atoms with E-state index < -0.39 is 0 Å². The lowest BCUT2D eigenvalue weighted by molar-refractivity contribution is 0.199. The van der Waals surface area contributed by atoms with Gasteiger partial charge < -0.3 is 14.8 Å². The molecule has 5 nitrogen and oxygen atoms in total. The first-order chi connectivity index (χ1) is 10.4. The average molecular weight is 285 g/mol. The van der Waals surface area contributed by atoms with Crippen LogP contribution in [0.25, 0.3) is 0 Å². The van der Waals surface area contributed by atoms with Gasteiger partial charge in [-0.2, -0.15) is 0 Å². The van der Waals surface area contributed by atoms with Gasteiger partial charge in [-0.3, -0.25) is 0 Å². The number of nitrogens with zero attached hydrogens (tertiary/aromatic N) is 2. The van der Waals surface area contributed by atoms with E-state index in [-0.39, 0.29) is 5.92 Å². The van der Waals surface area contributed by atoms with E-state index in [2.05, 4.69) is 21.4 Å². The Morgan fingerprint density at radius 1 is 1.29 bits per heavy atom. The first-order valence-corrected chi connectivity index (χ1v) is 7.10. The number of methoxy groups -OCH3 is 1. The maximum absolute atomic E-state index is 5.68. The predicted molar refractivity (Wildman–Crippen MR) is 79.4 cm³/mol. The van der Waals surface area contributed by atoms with Crippen LogP contribution < -0.4 is 10.1 Å². The number of hydrogen-bond acceptors (Lipinski definition) is 5. The molecule has 1 aliphatic rings. The van der Waals surface area contributed by atoms with Crippen molar-refractivity contribution in [3.8, 4) is 5.75 Å². The molecule has 2 heterocycles. The Hall–Kier alpha value is -1.98. The van der Waals surface area contributed by atoms with Gasteiger partial charge in [-0.15, -0.1) is 0 Å². The number of ether oxygens (including phenoxy) is 2. The molecule has 21 heavy (non-hydrogen) atoms. The van der Waals surface area contributed by atoms with E-state index in [0.717, 1.165) is 30.2 Å². The second-order valence-electron chi connectivity index (χ2n) is 5.02. The van der Waals surface area contributed by atoms with Gasteiger partial charge in [0.05, 0.1) is 12.5 Å². The highest BCUT2D eigenvalue weighted by atomic mass is 16.5. The molecule has 1 atom stereocenters. The maximum Gasteiger partial charge on any atom is 0.139 e. The predicted octanol–water partition coefficient (Wildman–Crippen LogP) is 1.74. The summed E-state index contributed by atoms with van der Waals surface area (Å²) >= 11 is 0. The van der Waals surface area contributed by atoms with Gasteiger partial charge in [0.1, 0.15) is 18.2 Å². The third kappa shape index (κ3) is 3.20. The molecule has 3 rings (SSSR count). The second kappa shape index (κ2) is 6.65. The van der Waals surface area contributed by atoms with Crippen LogP contribution in [0.15, 0.2) is 36.7 Å². The summed E-state index contributed by atoms with van der Waals surface area (Å²) in [5.74, 6) is 1.90. The standard InChI is InChI=1S/C16H19N3O2/c1-20-7-6-17-8-12-9-18-16(19-10-12)14-11-21-15-5-3-2-4-13(14)15/h2-5,9-10,14,17H,6-8,11H2,1H3. The smallest absolute Gasteiger partial charge is 0.139 e. The molecule has 1 aromatic heterocycles. The third-order valence-electron chi connectivity index (χ3n) is 3.55. The van der Waals surface area contributed by atoms with E-state index in [1.54, 1.807) is 7.11 Å². The zero-order valence-corrected chi connectivity index (χ0v) is 12.1. The normalized spacial score (nSPS) is 16.5. The summed E-state index contributed by atoms with van der Waals surface area (Å²) in [6.45, 7) is 2.89. The minimum atomic E-state index is 0.136. The Morgan fingerprint density at radius 2 is 2.10 bits per heavy atom. The number of fused-ring (bicyclic) bond motifs is 1. The lowest BCUT2D eigenvalue weighted by atomic mass is 10.0. The Bertz CT molecular complexity index is 586. The molecule has 1 N–H and O–H groups in total. The molecule has 1 unspecified atom stereocenters. The third-order valence-corrected chi connectivity index (χ3v) is 3.55. The van der Waals surface area contributed by atoms with Crippen LogP contribution in [0.1, 0.15) is 22.9 Å². The number of para-hydroxylation sites is 1. The van der Waals surface area contributed by atoms with Crippen molar-refractivity contribution in [1.82, 2.24) is 15.3 Å². The fraction of sp³-hybridized carbons (Fsp3) is 0.375.